The lowest BCUT2D eigenvalue weighted by molar-refractivity contribution is 0.0525. The van der Waals surface area contributed by atoms with Crippen LogP contribution >= 0.6 is 11.8 Å². The van der Waals surface area contributed by atoms with E-state index in [0.29, 0.717) is 12.2 Å². The fourth-order valence-corrected chi connectivity index (χ4v) is 3.22. The predicted molar refractivity (Wildman–Crippen MR) is 85.3 cm³/mol. The molecule has 0 spiro atoms. The molecular formula is C16H20N2O2S. The van der Waals surface area contributed by atoms with Gasteiger partial charge in [0.2, 0.25) is 0 Å². The lowest BCUT2D eigenvalue weighted by atomic mass is 10.1. The number of esters is 1. The summed E-state index contributed by atoms with van der Waals surface area (Å²) >= 11 is 1.77. The number of hydrogen-bond acceptors (Lipinski definition) is 4. The summed E-state index contributed by atoms with van der Waals surface area (Å²) in [6, 6.07) is 8.35. The average Bonchev–Trinajstić information content (AvgIpc) is 2.83. The van der Waals surface area contributed by atoms with Crippen molar-refractivity contribution in [1.82, 2.24) is 9.78 Å². The summed E-state index contributed by atoms with van der Waals surface area (Å²) in [5.41, 5.74) is 4.09. The van der Waals surface area contributed by atoms with Gasteiger partial charge in [-0.25, -0.2) is 4.79 Å². The Bertz CT molecular complexity index is 622. The number of aromatic nitrogens is 2. The number of carbonyl (C=O) groups is 1. The van der Waals surface area contributed by atoms with E-state index in [9.17, 15) is 4.79 Å². The van der Waals surface area contributed by atoms with Gasteiger partial charge in [-0.15, -0.1) is 0 Å². The number of aryl methyl sites for hydroxylation is 2. The van der Waals surface area contributed by atoms with Crippen LogP contribution in [0.5, 0.6) is 0 Å². The van der Waals surface area contributed by atoms with Crippen LogP contribution in [0.1, 0.15) is 34.1 Å². The zero-order valence-corrected chi connectivity index (χ0v) is 13.4. The van der Waals surface area contributed by atoms with Crippen LogP contribution in [0.3, 0.4) is 0 Å². The van der Waals surface area contributed by atoms with Gasteiger partial charge in [-0.2, -0.15) is 16.9 Å². The second-order valence-corrected chi connectivity index (χ2v) is 5.75. The molecule has 0 N–H and O–H groups in total. The minimum absolute atomic E-state index is 0.294. The first-order valence-electron chi connectivity index (χ1n) is 6.93. The van der Waals surface area contributed by atoms with Crippen molar-refractivity contribution in [1.29, 1.82) is 0 Å². The average molecular weight is 304 g/mol. The molecule has 1 heterocycles. The Morgan fingerprint density at radius 3 is 2.81 bits per heavy atom. The summed E-state index contributed by atoms with van der Waals surface area (Å²) < 4.78 is 6.81. The van der Waals surface area contributed by atoms with Gasteiger partial charge in [-0.1, -0.05) is 24.3 Å². The minimum Gasteiger partial charge on any atom is -0.462 e. The number of benzene rings is 1. The van der Waals surface area contributed by atoms with Crippen LogP contribution in [0.25, 0.3) is 0 Å². The van der Waals surface area contributed by atoms with Gasteiger partial charge in [0.15, 0.2) is 0 Å². The van der Waals surface area contributed by atoms with Crippen LogP contribution in [0.2, 0.25) is 0 Å². The summed E-state index contributed by atoms with van der Waals surface area (Å²) in [6.07, 6.45) is 1.58. The Morgan fingerprint density at radius 2 is 2.10 bits per heavy atom. The maximum absolute atomic E-state index is 11.9. The van der Waals surface area contributed by atoms with E-state index in [0.717, 1.165) is 17.2 Å². The molecule has 0 saturated heterocycles. The van der Waals surface area contributed by atoms with Crippen LogP contribution in [-0.2, 0) is 23.3 Å². The molecule has 2 rings (SSSR count). The van der Waals surface area contributed by atoms with E-state index in [1.165, 1.54) is 11.1 Å². The lowest BCUT2D eigenvalue weighted by Gasteiger charge is -2.07. The third-order valence-electron chi connectivity index (χ3n) is 3.31. The molecule has 1 aromatic heterocycles. The molecule has 0 bridgehead atoms. The molecule has 0 saturated carbocycles. The number of carbonyl (C=O) groups excluding carboxylic acids is 1. The molecular weight excluding hydrogens is 284 g/mol. The van der Waals surface area contributed by atoms with Crippen molar-refractivity contribution >= 4 is 17.7 Å². The monoisotopic (exact) mass is 304 g/mol. The standard InChI is InChI=1S/C16H20N2O2S/c1-4-20-16(19)14-9-17-18(3)15(14)11-21-10-13-8-6-5-7-12(13)2/h5-9H,4,10-11H2,1-3H3. The van der Waals surface area contributed by atoms with Crippen molar-refractivity contribution in [2.24, 2.45) is 7.05 Å². The van der Waals surface area contributed by atoms with Crippen LogP contribution in [0.4, 0.5) is 0 Å². The maximum Gasteiger partial charge on any atom is 0.341 e. The van der Waals surface area contributed by atoms with Crippen molar-refractivity contribution < 1.29 is 9.53 Å². The first-order chi connectivity index (χ1) is 10.1. The molecule has 0 atom stereocenters. The van der Waals surface area contributed by atoms with E-state index in [4.69, 9.17) is 4.74 Å². The van der Waals surface area contributed by atoms with Gasteiger partial charge in [0.05, 0.1) is 18.5 Å². The lowest BCUT2D eigenvalue weighted by Crippen LogP contribution is -2.08. The molecule has 1 aromatic carbocycles. The third-order valence-corrected chi connectivity index (χ3v) is 4.31. The third kappa shape index (κ3) is 3.88. The minimum atomic E-state index is -0.294. The second-order valence-electron chi connectivity index (χ2n) is 4.77. The van der Waals surface area contributed by atoms with Gasteiger partial charge >= 0.3 is 5.97 Å². The molecule has 112 valence electrons. The highest BCUT2D eigenvalue weighted by Crippen LogP contribution is 2.22. The van der Waals surface area contributed by atoms with Gasteiger partial charge in [0.25, 0.3) is 0 Å². The summed E-state index contributed by atoms with van der Waals surface area (Å²) in [4.78, 5) is 11.9. The van der Waals surface area contributed by atoms with Crippen molar-refractivity contribution in [3.05, 3.63) is 52.8 Å². The highest BCUT2D eigenvalue weighted by Gasteiger charge is 2.16. The van der Waals surface area contributed by atoms with E-state index in [2.05, 4.69) is 30.2 Å². The summed E-state index contributed by atoms with van der Waals surface area (Å²) in [6.45, 7) is 4.30. The molecule has 21 heavy (non-hydrogen) atoms. The highest BCUT2D eigenvalue weighted by atomic mass is 32.2. The van der Waals surface area contributed by atoms with Crippen LogP contribution in [0, 0.1) is 6.92 Å². The molecule has 5 heteroatoms. The van der Waals surface area contributed by atoms with Gasteiger partial charge in [0.1, 0.15) is 5.56 Å². The van der Waals surface area contributed by atoms with E-state index in [-0.39, 0.29) is 5.97 Å². The number of ether oxygens (including phenoxy) is 1. The van der Waals surface area contributed by atoms with Gasteiger partial charge in [-0.05, 0) is 25.0 Å². The Morgan fingerprint density at radius 1 is 1.33 bits per heavy atom. The van der Waals surface area contributed by atoms with Gasteiger partial charge in [-0.3, -0.25) is 4.68 Å². The first-order valence-corrected chi connectivity index (χ1v) is 8.09. The first kappa shape index (κ1) is 15.6. The molecule has 0 radical (unpaired) electrons. The van der Waals surface area contributed by atoms with Crippen molar-refractivity contribution in [2.75, 3.05) is 6.61 Å². The fraction of sp³-hybridized carbons (Fsp3) is 0.375. The second kappa shape index (κ2) is 7.31. The number of rotatable bonds is 6. The van der Waals surface area contributed by atoms with Crippen molar-refractivity contribution in [3.8, 4) is 0 Å². The Balaban J connectivity index is 2.02. The Labute approximate surface area is 129 Å². The quantitative estimate of drug-likeness (QED) is 0.768. The fourth-order valence-electron chi connectivity index (χ4n) is 2.04. The van der Waals surface area contributed by atoms with Crippen LogP contribution in [0.15, 0.2) is 30.5 Å². The number of thioether (sulfide) groups is 1. The topological polar surface area (TPSA) is 44.1 Å². The van der Waals surface area contributed by atoms with Crippen molar-refractivity contribution in [2.45, 2.75) is 25.4 Å². The molecule has 0 unspecified atom stereocenters. The zero-order valence-electron chi connectivity index (χ0n) is 12.6. The molecule has 0 fully saturated rings. The normalized spacial score (nSPS) is 10.6. The summed E-state index contributed by atoms with van der Waals surface area (Å²) in [5.74, 6) is 1.36. The SMILES string of the molecule is CCOC(=O)c1cnn(C)c1CSCc1ccccc1C. The van der Waals surface area contributed by atoms with E-state index < -0.39 is 0 Å². The maximum atomic E-state index is 11.9. The Kier molecular flexibility index (Phi) is 5.44. The largest absolute Gasteiger partial charge is 0.462 e. The number of hydrogen-bond donors (Lipinski definition) is 0. The molecule has 0 aliphatic carbocycles. The van der Waals surface area contributed by atoms with Crippen LogP contribution < -0.4 is 0 Å². The number of nitrogens with zero attached hydrogens (tertiary/aromatic N) is 2. The summed E-state index contributed by atoms with van der Waals surface area (Å²) in [7, 11) is 1.85. The van der Waals surface area contributed by atoms with E-state index >= 15 is 0 Å². The van der Waals surface area contributed by atoms with E-state index in [1.807, 2.05) is 13.1 Å². The molecule has 2 aromatic rings. The summed E-state index contributed by atoms with van der Waals surface area (Å²) in [5, 5.41) is 4.17. The molecule has 4 nitrogen and oxygen atoms in total. The Hall–Kier alpha value is -1.75. The zero-order chi connectivity index (χ0) is 15.2. The van der Waals surface area contributed by atoms with Crippen molar-refractivity contribution in [3.63, 3.8) is 0 Å². The molecule has 0 aliphatic heterocycles. The highest BCUT2D eigenvalue weighted by molar-refractivity contribution is 7.97. The molecule has 0 aliphatic rings. The molecule has 0 amide bonds. The van der Waals surface area contributed by atoms with Crippen LogP contribution in [-0.4, -0.2) is 22.4 Å². The van der Waals surface area contributed by atoms with Gasteiger partial charge < -0.3 is 4.74 Å². The van der Waals surface area contributed by atoms with E-state index in [1.54, 1.807) is 29.6 Å². The van der Waals surface area contributed by atoms with Gasteiger partial charge in [0, 0.05) is 18.6 Å². The predicted octanol–water partition coefficient (Wildman–Crippen LogP) is 3.34. The smallest absolute Gasteiger partial charge is 0.341 e.